The Morgan fingerprint density at radius 3 is 2.56 bits per heavy atom. The molecule has 0 aliphatic rings. The first-order valence-electron chi connectivity index (χ1n) is 9.97. The van der Waals surface area contributed by atoms with Gasteiger partial charge < -0.3 is 9.88 Å². The van der Waals surface area contributed by atoms with E-state index in [1.165, 1.54) is 0 Å². The van der Waals surface area contributed by atoms with Gasteiger partial charge in [-0.3, -0.25) is 4.79 Å². The van der Waals surface area contributed by atoms with E-state index >= 15 is 0 Å². The van der Waals surface area contributed by atoms with Crippen molar-refractivity contribution in [3.05, 3.63) is 105 Å². The van der Waals surface area contributed by atoms with Crippen LogP contribution in [0.15, 0.2) is 78.5 Å². The van der Waals surface area contributed by atoms with Gasteiger partial charge in [-0.15, -0.1) is 0 Å². The van der Waals surface area contributed by atoms with Gasteiger partial charge in [0.15, 0.2) is 0 Å². The van der Waals surface area contributed by atoms with Crippen LogP contribution in [0.2, 0.25) is 10.0 Å². The van der Waals surface area contributed by atoms with Crippen LogP contribution in [0.5, 0.6) is 0 Å². The summed E-state index contributed by atoms with van der Waals surface area (Å²) in [5.41, 5.74) is 4.20. The van der Waals surface area contributed by atoms with Crippen LogP contribution in [0.4, 0.5) is 5.69 Å². The van der Waals surface area contributed by atoms with Crippen LogP contribution in [0, 0.1) is 18.3 Å². The molecule has 4 rings (SSSR count). The molecule has 0 unspecified atom stereocenters. The van der Waals surface area contributed by atoms with Crippen LogP contribution in [0.3, 0.4) is 0 Å². The van der Waals surface area contributed by atoms with Gasteiger partial charge in [-0.1, -0.05) is 65.7 Å². The minimum absolute atomic E-state index is 0.00217. The molecule has 1 heterocycles. The summed E-state index contributed by atoms with van der Waals surface area (Å²) in [4.78, 5) is 12.8. The number of carbonyl (C=O) groups excluding carboxylic acids is 1. The lowest BCUT2D eigenvalue weighted by atomic mass is 10.1. The Kier molecular flexibility index (Phi) is 6.32. The van der Waals surface area contributed by atoms with Crippen LogP contribution in [0.1, 0.15) is 16.7 Å². The third-order valence-corrected chi connectivity index (χ3v) is 5.99. The van der Waals surface area contributed by atoms with Crippen molar-refractivity contribution in [3.8, 4) is 6.07 Å². The van der Waals surface area contributed by atoms with Crippen molar-refractivity contribution in [2.45, 2.75) is 13.5 Å². The third-order valence-electron chi connectivity index (χ3n) is 5.21. The van der Waals surface area contributed by atoms with Crippen LogP contribution in [-0.2, 0) is 11.3 Å². The number of halogens is 2. The van der Waals surface area contributed by atoms with Crippen molar-refractivity contribution in [2.75, 3.05) is 5.32 Å². The van der Waals surface area contributed by atoms with Gasteiger partial charge >= 0.3 is 0 Å². The van der Waals surface area contributed by atoms with Gasteiger partial charge in [0.1, 0.15) is 11.6 Å². The molecule has 0 spiro atoms. The maximum absolute atomic E-state index is 12.8. The molecular weight excluding hydrogens is 441 g/mol. The number of hydrogen-bond donors (Lipinski definition) is 1. The van der Waals surface area contributed by atoms with Crippen molar-refractivity contribution >= 4 is 51.8 Å². The van der Waals surface area contributed by atoms with E-state index in [2.05, 4.69) is 9.88 Å². The molecule has 0 fully saturated rings. The Bertz CT molecular complexity index is 1400. The molecule has 6 heteroatoms. The number of para-hydroxylation sites is 1. The molecular formula is C26H19Cl2N3O. The predicted octanol–water partition coefficient (Wildman–Crippen LogP) is 6.85. The highest BCUT2D eigenvalue weighted by molar-refractivity contribution is 6.32. The summed E-state index contributed by atoms with van der Waals surface area (Å²) >= 11 is 12.5. The molecule has 0 saturated heterocycles. The molecule has 0 saturated carbocycles. The highest BCUT2D eigenvalue weighted by Gasteiger charge is 2.14. The SMILES string of the molecule is Cc1ccc(NC(=O)/C(C#N)=C\c2cn(Cc3ccccc3Cl)c3ccccc23)cc1Cl. The van der Waals surface area contributed by atoms with Gasteiger partial charge in [-0.05, 0) is 48.4 Å². The molecule has 0 aliphatic carbocycles. The van der Waals surface area contributed by atoms with E-state index in [1.54, 1.807) is 18.2 Å². The second kappa shape index (κ2) is 9.32. The average molecular weight is 460 g/mol. The molecule has 0 aliphatic heterocycles. The summed E-state index contributed by atoms with van der Waals surface area (Å²) in [6.07, 6.45) is 3.54. The summed E-state index contributed by atoms with van der Waals surface area (Å²) in [6, 6.07) is 22.8. The third kappa shape index (κ3) is 4.55. The lowest BCUT2D eigenvalue weighted by Gasteiger charge is -2.07. The number of nitrogens with one attached hydrogen (secondary N) is 1. The molecule has 0 atom stereocenters. The zero-order valence-corrected chi connectivity index (χ0v) is 18.8. The number of amides is 1. The van der Waals surface area contributed by atoms with E-state index in [0.29, 0.717) is 22.3 Å². The first kappa shape index (κ1) is 21.7. The van der Waals surface area contributed by atoms with Gasteiger partial charge in [0, 0.05) is 44.9 Å². The van der Waals surface area contributed by atoms with E-state index in [9.17, 15) is 10.1 Å². The van der Waals surface area contributed by atoms with Gasteiger partial charge in [0.2, 0.25) is 0 Å². The normalized spacial score (nSPS) is 11.4. The fraction of sp³-hybridized carbons (Fsp3) is 0.0769. The zero-order chi connectivity index (χ0) is 22.7. The molecule has 3 aromatic carbocycles. The number of hydrogen-bond acceptors (Lipinski definition) is 2. The summed E-state index contributed by atoms with van der Waals surface area (Å²) in [5.74, 6) is -0.490. The molecule has 1 N–H and O–H groups in total. The number of carbonyl (C=O) groups is 1. The first-order chi connectivity index (χ1) is 15.5. The Morgan fingerprint density at radius 2 is 1.81 bits per heavy atom. The Hall–Kier alpha value is -3.52. The monoisotopic (exact) mass is 459 g/mol. The minimum atomic E-state index is -0.490. The number of rotatable bonds is 5. The maximum atomic E-state index is 12.8. The van der Waals surface area contributed by atoms with E-state index in [0.717, 1.165) is 27.6 Å². The standard InChI is InChI=1S/C26H19Cl2N3O/c1-17-10-11-21(13-24(17)28)30-26(32)19(14-29)12-20-16-31(25-9-5-3-7-22(20)25)15-18-6-2-4-8-23(18)27/h2-13,16H,15H2,1H3,(H,30,32)/b19-12-. The van der Waals surface area contributed by atoms with E-state index in [-0.39, 0.29) is 5.57 Å². The van der Waals surface area contributed by atoms with Crippen molar-refractivity contribution in [1.29, 1.82) is 5.26 Å². The Balaban J connectivity index is 1.68. The van der Waals surface area contributed by atoms with Gasteiger partial charge in [0.25, 0.3) is 5.91 Å². The first-order valence-corrected chi connectivity index (χ1v) is 10.7. The second-order valence-corrected chi connectivity index (χ2v) is 8.22. The summed E-state index contributed by atoms with van der Waals surface area (Å²) in [7, 11) is 0. The molecule has 32 heavy (non-hydrogen) atoms. The summed E-state index contributed by atoms with van der Waals surface area (Å²) in [6.45, 7) is 2.46. The molecule has 158 valence electrons. The fourth-order valence-electron chi connectivity index (χ4n) is 3.50. The summed E-state index contributed by atoms with van der Waals surface area (Å²) in [5, 5.41) is 14.6. The molecule has 4 nitrogen and oxygen atoms in total. The van der Waals surface area contributed by atoms with Crippen molar-refractivity contribution < 1.29 is 4.79 Å². The number of benzene rings is 3. The predicted molar refractivity (Wildman–Crippen MR) is 131 cm³/mol. The van der Waals surface area contributed by atoms with Crippen LogP contribution < -0.4 is 5.32 Å². The highest BCUT2D eigenvalue weighted by atomic mass is 35.5. The van der Waals surface area contributed by atoms with Crippen molar-refractivity contribution in [1.82, 2.24) is 4.57 Å². The number of aromatic nitrogens is 1. The lowest BCUT2D eigenvalue weighted by Crippen LogP contribution is -2.13. The molecule has 4 aromatic rings. The van der Waals surface area contributed by atoms with E-state index < -0.39 is 5.91 Å². The van der Waals surface area contributed by atoms with Crippen LogP contribution in [0.25, 0.3) is 17.0 Å². The molecule has 1 aromatic heterocycles. The number of nitriles is 1. The van der Waals surface area contributed by atoms with Gasteiger partial charge in [0.05, 0.1) is 0 Å². The highest BCUT2D eigenvalue weighted by Crippen LogP contribution is 2.27. The zero-order valence-electron chi connectivity index (χ0n) is 17.3. The smallest absolute Gasteiger partial charge is 0.266 e. The lowest BCUT2D eigenvalue weighted by molar-refractivity contribution is -0.112. The minimum Gasteiger partial charge on any atom is -0.342 e. The number of aryl methyl sites for hydroxylation is 1. The van der Waals surface area contributed by atoms with Crippen LogP contribution in [-0.4, -0.2) is 10.5 Å². The number of nitrogens with zero attached hydrogens (tertiary/aromatic N) is 2. The molecule has 1 amide bonds. The topological polar surface area (TPSA) is 57.8 Å². The maximum Gasteiger partial charge on any atom is 0.266 e. The summed E-state index contributed by atoms with van der Waals surface area (Å²) < 4.78 is 2.06. The Labute approximate surface area is 196 Å². The van der Waals surface area contributed by atoms with Crippen LogP contribution >= 0.6 is 23.2 Å². The van der Waals surface area contributed by atoms with Gasteiger partial charge in [-0.2, -0.15) is 5.26 Å². The van der Waals surface area contributed by atoms with Gasteiger partial charge in [-0.25, -0.2) is 0 Å². The van der Waals surface area contributed by atoms with Crippen molar-refractivity contribution in [3.63, 3.8) is 0 Å². The second-order valence-electron chi connectivity index (χ2n) is 7.41. The average Bonchev–Trinajstić information content (AvgIpc) is 3.13. The fourth-order valence-corrected chi connectivity index (χ4v) is 3.88. The molecule has 0 bridgehead atoms. The largest absolute Gasteiger partial charge is 0.342 e. The number of fused-ring (bicyclic) bond motifs is 1. The Morgan fingerprint density at radius 1 is 1.06 bits per heavy atom. The van der Waals surface area contributed by atoms with E-state index in [1.807, 2.05) is 73.8 Å². The van der Waals surface area contributed by atoms with E-state index in [4.69, 9.17) is 23.2 Å². The quantitative estimate of drug-likeness (QED) is 0.262. The van der Waals surface area contributed by atoms with Crippen molar-refractivity contribution in [2.24, 2.45) is 0 Å². The number of anilines is 1. The molecule has 0 radical (unpaired) electrons.